The lowest BCUT2D eigenvalue weighted by Gasteiger charge is -2.61. The van der Waals surface area contributed by atoms with E-state index >= 15 is 0 Å². The van der Waals surface area contributed by atoms with Gasteiger partial charge in [-0.1, -0.05) is 109 Å². The molecule has 5 aliphatic rings. The van der Waals surface area contributed by atoms with Crippen molar-refractivity contribution in [1.29, 1.82) is 0 Å². The van der Waals surface area contributed by atoms with Gasteiger partial charge in [0.25, 0.3) is 0 Å². The molecule has 2 nitrogen and oxygen atoms in total. The molecule has 0 saturated heterocycles. The molecule has 2 heteroatoms. The highest BCUT2D eigenvalue weighted by Crippen LogP contribution is 2.71. The van der Waals surface area contributed by atoms with E-state index in [-0.39, 0.29) is 5.41 Å². The number of fused-ring (bicyclic) bond motifs is 7. The third kappa shape index (κ3) is 3.22. The smallest absolute Gasteiger partial charge is 0.0979 e. The number of benzene rings is 6. The number of aromatic nitrogens is 2. The summed E-state index contributed by atoms with van der Waals surface area (Å²) in [4.78, 5) is 10.9. The Balaban J connectivity index is 1.26. The molecule has 1 aromatic heterocycles. The van der Waals surface area contributed by atoms with Crippen molar-refractivity contribution in [1.82, 2.24) is 9.97 Å². The van der Waals surface area contributed by atoms with Crippen LogP contribution in [0.3, 0.4) is 0 Å². The second-order valence-corrected chi connectivity index (χ2v) is 14.5. The number of para-hydroxylation sites is 2. The van der Waals surface area contributed by atoms with Gasteiger partial charge in [-0.05, 0) is 112 Å². The third-order valence-electron chi connectivity index (χ3n) is 12.4. The first-order chi connectivity index (χ1) is 22.8. The van der Waals surface area contributed by atoms with Gasteiger partial charge in [-0.3, -0.25) is 0 Å². The van der Waals surface area contributed by atoms with Crippen LogP contribution in [0.5, 0.6) is 0 Å². The lowest BCUT2D eigenvalue weighted by atomic mass is 9.43. The fraction of sp³-hybridized carbons (Fsp3) is 0.227. The second-order valence-electron chi connectivity index (χ2n) is 14.5. The third-order valence-corrected chi connectivity index (χ3v) is 12.4. The van der Waals surface area contributed by atoms with Crippen LogP contribution in [0.4, 0.5) is 0 Å². The molecule has 0 unspecified atom stereocenters. The van der Waals surface area contributed by atoms with Crippen LogP contribution in [0.1, 0.15) is 43.2 Å². The van der Waals surface area contributed by atoms with Crippen molar-refractivity contribution < 1.29 is 0 Å². The fourth-order valence-corrected chi connectivity index (χ4v) is 11.0. The molecule has 4 saturated carbocycles. The van der Waals surface area contributed by atoms with Gasteiger partial charge in [0.1, 0.15) is 0 Å². The van der Waals surface area contributed by atoms with Gasteiger partial charge in [-0.25, -0.2) is 9.97 Å². The van der Waals surface area contributed by atoms with Gasteiger partial charge in [0, 0.05) is 16.5 Å². The van der Waals surface area contributed by atoms with Crippen LogP contribution in [0, 0.1) is 23.7 Å². The maximum Gasteiger partial charge on any atom is 0.0979 e. The lowest BCUT2D eigenvalue weighted by molar-refractivity contribution is -0.0393. The summed E-state index contributed by atoms with van der Waals surface area (Å²) in [5.41, 5.74) is 12.3. The van der Waals surface area contributed by atoms with Crippen molar-refractivity contribution in [3.8, 4) is 33.6 Å². The van der Waals surface area contributed by atoms with Crippen molar-refractivity contribution in [3.63, 3.8) is 0 Å². The van der Waals surface area contributed by atoms with Crippen LogP contribution in [0.25, 0.3) is 66.2 Å². The van der Waals surface area contributed by atoms with E-state index in [0.29, 0.717) is 11.8 Å². The summed E-state index contributed by atoms with van der Waals surface area (Å²) in [5.74, 6) is 3.21. The van der Waals surface area contributed by atoms with Crippen LogP contribution < -0.4 is 0 Å². The number of hydrogen-bond acceptors (Lipinski definition) is 2. The van der Waals surface area contributed by atoms with Gasteiger partial charge in [-0.2, -0.15) is 0 Å². The summed E-state index contributed by atoms with van der Waals surface area (Å²) < 4.78 is 0. The Hall–Kier alpha value is -4.82. The SMILES string of the molecule is c1cc(-c2nc3ccccc3nc2-c2cccc3ccccc23)c2c(c1)C1(c3c-2ccc2ccccc32)C2CC3CC(C2)CC1C3. The molecule has 0 aliphatic heterocycles. The van der Waals surface area contributed by atoms with E-state index in [9.17, 15) is 0 Å². The summed E-state index contributed by atoms with van der Waals surface area (Å²) in [6.45, 7) is 0. The van der Waals surface area contributed by atoms with Crippen molar-refractivity contribution in [2.45, 2.75) is 37.5 Å². The summed E-state index contributed by atoms with van der Waals surface area (Å²) in [7, 11) is 0. The van der Waals surface area contributed by atoms with E-state index in [0.717, 1.165) is 39.8 Å². The summed E-state index contributed by atoms with van der Waals surface area (Å²) in [6, 6.07) is 44.8. The molecule has 220 valence electrons. The molecule has 6 aromatic carbocycles. The zero-order chi connectivity index (χ0) is 30.0. The largest absolute Gasteiger partial charge is 0.244 e. The monoisotopic (exact) mass is 590 g/mol. The van der Waals surface area contributed by atoms with Crippen molar-refractivity contribution in [2.75, 3.05) is 0 Å². The molecule has 1 heterocycles. The molecule has 5 aliphatic carbocycles. The number of nitrogens with zero attached hydrogens (tertiary/aromatic N) is 2. The highest BCUT2D eigenvalue weighted by molar-refractivity contribution is 6.05. The molecular weight excluding hydrogens is 556 g/mol. The van der Waals surface area contributed by atoms with E-state index in [2.05, 4.69) is 121 Å². The van der Waals surface area contributed by atoms with E-state index in [1.165, 1.54) is 70.3 Å². The van der Waals surface area contributed by atoms with Crippen molar-refractivity contribution in [2.24, 2.45) is 23.7 Å². The van der Waals surface area contributed by atoms with E-state index in [1.807, 2.05) is 0 Å². The molecule has 4 bridgehead atoms. The summed E-state index contributed by atoms with van der Waals surface area (Å²) in [6.07, 6.45) is 6.94. The van der Waals surface area contributed by atoms with Gasteiger partial charge in [0.15, 0.2) is 0 Å². The average Bonchev–Trinajstić information content (AvgIpc) is 3.41. The van der Waals surface area contributed by atoms with Crippen molar-refractivity contribution >= 4 is 32.6 Å². The summed E-state index contributed by atoms with van der Waals surface area (Å²) >= 11 is 0. The average molecular weight is 591 g/mol. The van der Waals surface area contributed by atoms with E-state index in [4.69, 9.17) is 9.97 Å². The first kappa shape index (κ1) is 25.4. The zero-order valence-electron chi connectivity index (χ0n) is 25.8. The first-order valence-electron chi connectivity index (χ1n) is 17.2. The Morgan fingerprint density at radius 1 is 0.457 bits per heavy atom. The van der Waals surface area contributed by atoms with Crippen LogP contribution >= 0.6 is 0 Å². The van der Waals surface area contributed by atoms with E-state index in [1.54, 1.807) is 11.1 Å². The Morgan fingerprint density at radius 3 is 1.76 bits per heavy atom. The van der Waals surface area contributed by atoms with Crippen LogP contribution in [0.15, 0.2) is 121 Å². The molecule has 0 amide bonds. The topological polar surface area (TPSA) is 25.8 Å². The highest BCUT2D eigenvalue weighted by atomic mass is 14.8. The normalized spacial score (nSPS) is 25.5. The standard InChI is InChI=1S/C44H34N2/c1-3-12-32-28(9-1)11-7-14-34(32)42-43(46-39-18-6-5-17-38(39)45-42)36-15-8-16-37-40(36)35-20-19-29-10-2-4-13-33(29)41(35)44(37)30-22-26-21-27(24-30)25-31(44)23-26/h1-20,26-27,30-31H,21-25H2. The van der Waals surface area contributed by atoms with Gasteiger partial charge < -0.3 is 0 Å². The minimum absolute atomic E-state index is 0.0683. The van der Waals surface area contributed by atoms with Gasteiger partial charge in [0.2, 0.25) is 0 Å². The molecule has 46 heavy (non-hydrogen) atoms. The molecule has 0 N–H and O–H groups in total. The van der Waals surface area contributed by atoms with Crippen molar-refractivity contribution in [3.05, 3.63) is 132 Å². The minimum Gasteiger partial charge on any atom is -0.244 e. The van der Waals surface area contributed by atoms with Crippen LogP contribution in [-0.4, -0.2) is 9.97 Å². The maximum absolute atomic E-state index is 5.50. The Morgan fingerprint density at radius 2 is 1.02 bits per heavy atom. The predicted molar refractivity (Wildman–Crippen MR) is 189 cm³/mol. The van der Waals surface area contributed by atoms with Crippen LogP contribution in [-0.2, 0) is 5.41 Å². The number of hydrogen-bond donors (Lipinski definition) is 0. The molecule has 4 fully saturated rings. The minimum atomic E-state index is 0.0683. The molecular formula is C44H34N2. The Kier molecular flexibility index (Phi) is 5.04. The zero-order valence-corrected chi connectivity index (χ0v) is 25.8. The number of rotatable bonds is 2. The van der Waals surface area contributed by atoms with Crippen LogP contribution in [0.2, 0.25) is 0 Å². The van der Waals surface area contributed by atoms with E-state index < -0.39 is 0 Å². The fourth-order valence-electron chi connectivity index (χ4n) is 11.0. The Bertz CT molecular complexity index is 2370. The molecule has 7 aromatic rings. The summed E-state index contributed by atoms with van der Waals surface area (Å²) in [5, 5.41) is 5.26. The maximum atomic E-state index is 5.50. The Labute approximate surface area is 269 Å². The van der Waals surface area contributed by atoms with Gasteiger partial charge in [0.05, 0.1) is 22.4 Å². The van der Waals surface area contributed by atoms with Gasteiger partial charge in [-0.15, -0.1) is 0 Å². The van der Waals surface area contributed by atoms with Gasteiger partial charge >= 0.3 is 0 Å². The second kappa shape index (κ2) is 9.13. The molecule has 0 atom stereocenters. The lowest BCUT2D eigenvalue weighted by Crippen LogP contribution is -2.55. The first-order valence-corrected chi connectivity index (χ1v) is 17.2. The predicted octanol–water partition coefficient (Wildman–Crippen LogP) is 11.0. The molecule has 12 rings (SSSR count). The quantitative estimate of drug-likeness (QED) is 0.200. The highest BCUT2D eigenvalue weighted by Gasteiger charge is 2.62. The molecule has 1 spiro atoms. The molecule has 0 radical (unpaired) electrons.